The summed E-state index contributed by atoms with van der Waals surface area (Å²) in [6, 6.07) is 4.84. The van der Waals surface area contributed by atoms with Crippen molar-refractivity contribution in [2.45, 2.75) is 18.9 Å². The second-order valence-corrected chi connectivity index (χ2v) is 5.06. The summed E-state index contributed by atoms with van der Waals surface area (Å²) in [5.41, 5.74) is 6.72. The van der Waals surface area contributed by atoms with Crippen LogP contribution in [0.15, 0.2) is 22.7 Å². The fraction of sp³-hybridized carbons (Fsp3) is 0.500. The molecule has 0 amide bonds. The van der Waals surface area contributed by atoms with E-state index in [9.17, 15) is 4.39 Å². The van der Waals surface area contributed by atoms with Gasteiger partial charge in [-0.3, -0.25) is 0 Å². The lowest BCUT2D eigenvalue weighted by Gasteiger charge is -2.28. The van der Waals surface area contributed by atoms with Gasteiger partial charge in [-0.05, 0) is 30.9 Å². The third kappa shape index (κ3) is 3.65. The fourth-order valence-corrected chi connectivity index (χ4v) is 2.43. The van der Waals surface area contributed by atoms with Gasteiger partial charge in [0, 0.05) is 29.3 Å². The van der Waals surface area contributed by atoms with Crippen molar-refractivity contribution in [1.29, 1.82) is 0 Å². The van der Waals surface area contributed by atoms with Crippen molar-refractivity contribution in [2.24, 2.45) is 11.7 Å². The summed E-state index contributed by atoms with van der Waals surface area (Å²) in [6.45, 7) is 1.47. The number of rotatable bonds is 2. The zero-order valence-electron chi connectivity index (χ0n) is 9.36. The van der Waals surface area contributed by atoms with Crippen molar-refractivity contribution in [2.75, 3.05) is 13.2 Å². The summed E-state index contributed by atoms with van der Waals surface area (Å²) in [4.78, 5) is 0. The number of hydrogen-bond donors (Lipinski definition) is 1. The van der Waals surface area contributed by atoms with Crippen LogP contribution in [0.3, 0.4) is 0 Å². The lowest BCUT2D eigenvalue weighted by molar-refractivity contribution is 0.0580. The number of benzene rings is 1. The summed E-state index contributed by atoms with van der Waals surface area (Å²) in [7, 11) is 0. The van der Waals surface area contributed by atoms with Gasteiger partial charge in [0.1, 0.15) is 5.82 Å². The second kappa shape index (κ2) is 6.69. The highest BCUT2D eigenvalue weighted by atomic mass is 79.9. The number of halogens is 3. The summed E-state index contributed by atoms with van der Waals surface area (Å²) in [5.74, 6) is 0.0952. The number of ether oxygens (including phenoxy) is 1. The zero-order chi connectivity index (χ0) is 11.5. The van der Waals surface area contributed by atoms with Crippen molar-refractivity contribution in [1.82, 2.24) is 0 Å². The van der Waals surface area contributed by atoms with E-state index in [4.69, 9.17) is 10.5 Å². The first-order valence-corrected chi connectivity index (χ1v) is 6.26. The molecule has 0 aromatic heterocycles. The SMILES string of the molecule is Cl.N[C@@H](c1ccc(Br)cc1F)C1CCOCC1. The van der Waals surface area contributed by atoms with Gasteiger partial charge >= 0.3 is 0 Å². The third-order valence-corrected chi connectivity index (χ3v) is 3.59. The maximum absolute atomic E-state index is 13.7. The maximum Gasteiger partial charge on any atom is 0.129 e. The monoisotopic (exact) mass is 323 g/mol. The minimum absolute atomic E-state index is 0. The van der Waals surface area contributed by atoms with Crippen LogP contribution in [0, 0.1) is 11.7 Å². The molecule has 0 spiro atoms. The molecule has 1 aliphatic heterocycles. The summed E-state index contributed by atoms with van der Waals surface area (Å²) in [6.07, 6.45) is 1.83. The molecule has 2 N–H and O–H groups in total. The molecule has 2 rings (SSSR count). The van der Waals surface area contributed by atoms with Gasteiger partial charge < -0.3 is 10.5 Å². The van der Waals surface area contributed by atoms with E-state index in [1.165, 1.54) is 6.07 Å². The Morgan fingerprint density at radius 2 is 2.00 bits per heavy atom. The van der Waals surface area contributed by atoms with Crippen LogP contribution in [0.1, 0.15) is 24.4 Å². The molecule has 5 heteroatoms. The van der Waals surface area contributed by atoms with E-state index in [1.54, 1.807) is 6.07 Å². The van der Waals surface area contributed by atoms with Crippen LogP contribution in [0.25, 0.3) is 0 Å². The quantitative estimate of drug-likeness (QED) is 0.904. The van der Waals surface area contributed by atoms with E-state index in [2.05, 4.69) is 15.9 Å². The van der Waals surface area contributed by atoms with Gasteiger partial charge in [-0.2, -0.15) is 0 Å². The topological polar surface area (TPSA) is 35.2 Å². The van der Waals surface area contributed by atoms with Crippen LogP contribution in [-0.4, -0.2) is 13.2 Å². The Hall–Kier alpha value is -0.160. The lowest BCUT2D eigenvalue weighted by Crippen LogP contribution is -2.28. The molecule has 2 nitrogen and oxygen atoms in total. The summed E-state index contributed by atoms with van der Waals surface area (Å²) < 4.78 is 19.7. The molecule has 0 bridgehead atoms. The van der Waals surface area contributed by atoms with Crippen molar-refractivity contribution in [3.8, 4) is 0 Å². The average Bonchev–Trinajstić information content (AvgIpc) is 2.29. The van der Waals surface area contributed by atoms with Gasteiger partial charge in [0.15, 0.2) is 0 Å². The minimum Gasteiger partial charge on any atom is -0.381 e. The molecule has 0 radical (unpaired) electrons. The number of nitrogens with two attached hydrogens (primary N) is 1. The third-order valence-electron chi connectivity index (χ3n) is 3.10. The van der Waals surface area contributed by atoms with Crippen molar-refractivity contribution >= 4 is 28.3 Å². The van der Waals surface area contributed by atoms with E-state index in [0.717, 1.165) is 30.5 Å². The van der Waals surface area contributed by atoms with Gasteiger partial charge in [0.25, 0.3) is 0 Å². The first-order valence-electron chi connectivity index (χ1n) is 5.47. The highest BCUT2D eigenvalue weighted by molar-refractivity contribution is 9.10. The fourth-order valence-electron chi connectivity index (χ4n) is 2.10. The van der Waals surface area contributed by atoms with Crippen molar-refractivity contribution in [3.63, 3.8) is 0 Å². The summed E-state index contributed by atoms with van der Waals surface area (Å²) >= 11 is 3.24. The van der Waals surface area contributed by atoms with E-state index in [1.807, 2.05) is 6.07 Å². The van der Waals surface area contributed by atoms with Gasteiger partial charge in [-0.1, -0.05) is 22.0 Å². The number of hydrogen-bond acceptors (Lipinski definition) is 2. The Kier molecular flexibility index (Phi) is 5.86. The largest absolute Gasteiger partial charge is 0.381 e. The molecule has 1 aliphatic rings. The highest BCUT2D eigenvalue weighted by Gasteiger charge is 2.24. The van der Waals surface area contributed by atoms with Crippen molar-refractivity contribution < 1.29 is 9.13 Å². The van der Waals surface area contributed by atoms with Gasteiger partial charge in [0.05, 0.1) is 0 Å². The van der Waals surface area contributed by atoms with E-state index in [-0.39, 0.29) is 24.3 Å². The minimum atomic E-state index is -0.228. The van der Waals surface area contributed by atoms with Gasteiger partial charge in [-0.25, -0.2) is 4.39 Å². The molecule has 0 saturated carbocycles. The molecule has 1 aromatic carbocycles. The Labute approximate surface area is 115 Å². The van der Waals surface area contributed by atoms with Gasteiger partial charge in [-0.15, -0.1) is 12.4 Å². The molecule has 1 heterocycles. The lowest BCUT2D eigenvalue weighted by atomic mass is 9.87. The Bertz CT molecular complexity index is 372. The van der Waals surface area contributed by atoms with Gasteiger partial charge in [0.2, 0.25) is 0 Å². The summed E-state index contributed by atoms with van der Waals surface area (Å²) in [5, 5.41) is 0. The molecular weight excluding hydrogens is 308 g/mol. The molecule has 1 aromatic rings. The molecule has 1 atom stereocenters. The smallest absolute Gasteiger partial charge is 0.129 e. The Morgan fingerprint density at radius 1 is 1.35 bits per heavy atom. The predicted molar refractivity (Wildman–Crippen MR) is 71.8 cm³/mol. The van der Waals surface area contributed by atoms with E-state index in [0.29, 0.717) is 11.5 Å². The second-order valence-electron chi connectivity index (χ2n) is 4.14. The normalized spacial score (nSPS) is 18.5. The molecule has 96 valence electrons. The predicted octanol–water partition coefficient (Wildman–Crippen LogP) is 3.44. The molecule has 0 aliphatic carbocycles. The van der Waals surface area contributed by atoms with Crippen LogP contribution in [0.4, 0.5) is 4.39 Å². The molecule has 1 fully saturated rings. The molecule has 0 unspecified atom stereocenters. The maximum atomic E-state index is 13.7. The first kappa shape index (κ1) is 14.9. The molecule has 1 saturated heterocycles. The van der Waals surface area contributed by atoms with Crippen LogP contribution >= 0.6 is 28.3 Å². The Morgan fingerprint density at radius 3 is 2.59 bits per heavy atom. The van der Waals surface area contributed by atoms with Crippen LogP contribution < -0.4 is 5.73 Å². The Balaban J connectivity index is 0.00000144. The van der Waals surface area contributed by atoms with Crippen LogP contribution in [-0.2, 0) is 4.74 Å². The van der Waals surface area contributed by atoms with E-state index >= 15 is 0 Å². The van der Waals surface area contributed by atoms with Crippen LogP contribution in [0.2, 0.25) is 0 Å². The average molecular weight is 325 g/mol. The highest BCUT2D eigenvalue weighted by Crippen LogP contribution is 2.30. The van der Waals surface area contributed by atoms with E-state index < -0.39 is 0 Å². The first-order chi connectivity index (χ1) is 7.68. The zero-order valence-corrected chi connectivity index (χ0v) is 11.8. The standard InChI is InChI=1S/C12H15BrFNO.ClH/c13-9-1-2-10(11(14)7-9)12(15)8-3-5-16-6-4-8;/h1-2,7-8,12H,3-6,15H2;1H/t12-;/m1./s1. The van der Waals surface area contributed by atoms with Crippen LogP contribution in [0.5, 0.6) is 0 Å². The van der Waals surface area contributed by atoms with Crippen molar-refractivity contribution in [3.05, 3.63) is 34.1 Å². The molecular formula is C12H16BrClFNO. The molecule has 17 heavy (non-hydrogen) atoms.